The maximum atomic E-state index is 12.4. The van der Waals surface area contributed by atoms with E-state index in [4.69, 9.17) is 0 Å². The minimum Gasteiger partial charge on any atom is -0.316 e. The molecule has 5 nitrogen and oxygen atoms in total. The second kappa shape index (κ2) is 6.42. The summed E-state index contributed by atoms with van der Waals surface area (Å²) >= 11 is 0. The Kier molecular flexibility index (Phi) is 4.75. The Bertz CT molecular complexity index is 827. The summed E-state index contributed by atoms with van der Waals surface area (Å²) in [6.07, 6.45) is 0. The van der Waals surface area contributed by atoms with Crippen LogP contribution in [0.25, 0.3) is 0 Å². The van der Waals surface area contributed by atoms with E-state index in [1.54, 1.807) is 31.3 Å². The standard InChI is InChI=1S/C17H20N2O3S/c1-12-5-6-15(11-13(12)2)18-23(21,22)17-9-7-16(8-10-17)19(4)14(3)20/h5-11,18H,1-4H3. The average molecular weight is 332 g/mol. The van der Waals surface area contributed by atoms with E-state index in [1.165, 1.54) is 24.0 Å². The van der Waals surface area contributed by atoms with E-state index in [1.807, 2.05) is 19.9 Å². The molecule has 0 heterocycles. The number of hydrogen-bond donors (Lipinski definition) is 1. The van der Waals surface area contributed by atoms with Crippen LogP contribution in [0.3, 0.4) is 0 Å². The highest BCUT2D eigenvalue weighted by atomic mass is 32.2. The van der Waals surface area contributed by atoms with Crippen LogP contribution in [0, 0.1) is 13.8 Å². The summed E-state index contributed by atoms with van der Waals surface area (Å²) in [5.74, 6) is -0.117. The molecular weight excluding hydrogens is 312 g/mol. The van der Waals surface area contributed by atoms with Crippen LogP contribution in [0.5, 0.6) is 0 Å². The highest BCUT2D eigenvalue weighted by Crippen LogP contribution is 2.21. The molecule has 0 bridgehead atoms. The molecule has 2 rings (SSSR count). The molecule has 0 aromatic heterocycles. The van der Waals surface area contributed by atoms with E-state index in [-0.39, 0.29) is 10.8 Å². The number of nitrogens with zero attached hydrogens (tertiary/aromatic N) is 1. The molecule has 0 radical (unpaired) electrons. The van der Waals surface area contributed by atoms with Crippen molar-refractivity contribution in [3.05, 3.63) is 53.6 Å². The summed E-state index contributed by atoms with van der Waals surface area (Å²) in [5, 5.41) is 0. The normalized spacial score (nSPS) is 11.1. The topological polar surface area (TPSA) is 66.5 Å². The van der Waals surface area contributed by atoms with E-state index < -0.39 is 10.0 Å². The van der Waals surface area contributed by atoms with Gasteiger partial charge in [-0.2, -0.15) is 0 Å². The molecular formula is C17H20N2O3S. The van der Waals surface area contributed by atoms with Crippen molar-refractivity contribution in [3.8, 4) is 0 Å². The molecule has 0 unspecified atom stereocenters. The van der Waals surface area contributed by atoms with Crippen LogP contribution in [0.4, 0.5) is 11.4 Å². The number of sulfonamides is 1. The molecule has 6 heteroatoms. The lowest BCUT2D eigenvalue weighted by atomic mass is 10.1. The van der Waals surface area contributed by atoms with Crippen molar-refractivity contribution in [3.63, 3.8) is 0 Å². The number of nitrogens with one attached hydrogen (secondary N) is 1. The van der Waals surface area contributed by atoms with Crippen molar-refractivity contribution < 1.29 is 13.2 Å². The van der Waals surface area contributed by atoms with Crippen LogP contribution >= 0.6 is 0 Å². The lowest BCUT2D eigenvalue weighted by molar-refractivity contribution is -0.116. The molecule has 0 aliphatic rings. The summed E-state index contributed by atoms with van der Waals surface area (Å²) in [4.78, 5) is 12.9. The van der Waals surface area contributed by atoms with Gasteiger partial charge in [0, 0.05) is 25.3 Å². The molecule has 0 saturated heterocycles. The zero-order valence-corrected chi connectivity index (χ0v) is 14.4. The minimum absolute atomic E-state index is 0.117. The van der Waals surface area contributed by atoms with Crippen molar-refractivity contribution >= 4 is 27.3 Å². The zero-order chi connectivity index (χ0) is 17.2. The summed E-state index contributed by atoms with van der Waals surface area (Å²) in [6.45, 7) is 5.35. The number of rotatable bonds is 4. The molecule has 0 saturated carbocycles. The fourth-order valence-electron chi connectivity index (χ4n) is 2.05. The van der Waals surface area contributed by atoms with Gasteiger partial charge in [0.1, 0.15) is 0 Å². The minimum atomic E-state index is -3.66. The Morgan fingerprint density at radius 2 is 1.61 bits per heavy atom. The Balaban J connectivity index is 2.25. The molecule has 122 valence electrons. The molecule has 0 spiro atoms. The zero-order valence-electron chi connectivity index (χ0n) is 13.6. The first-order chi connectivity index (χ1) is 10.7. The van der Waals surface area contributed by atoms with E-state index >= 15 is 0 Å². The maximum absolute atomic E-state index is 12.4. The van der Waals surface area contributed by atoms with Gasteiger partial charge < -0.3 is 4.90 Å². The van der Waals surface area contributed by atoms with E-state index in [2.05, 4.69) is 4.72 Å². The van der Waals surface area contributed by atoms with Gasteiger partial charge in [0.05, 0.1) is 4.90 Å². The molecule has 1 N–H and O–H groups in total. The third-order valence-corrected chi connectivity index (χ3v) is 5.16. The molecule has 1 amide bonds. The van der Waals surface area contributed by atoms with Gasteiger partial charge in [0.15, 0.2) is 0 Å². The number of anilines is 2. The van der Waals surface area contributed by atoms with Crippen LogP contribution in [0.1, 0.15) is 18.1 Å². The Hall–Kier alpha value is -2.34. The highest BCUT2D eigenvalue weighted by molar-refractivity contribution is 7.92. The third-order valence-electron chi connectivity index (χ3n) is 3.77. The number of aryl methyl sites for hydroxylation is 2. The first-order valence-corrected chi connectivity index (χ1v) is 8.63. The van der Waals surface area contributed by atoms with Gasteiger partial charge in [0.25, 0.3) is 10.0 Å². The Morgan fingerprint density at radius 1 is 1.00 bits per heavy atom. The van der Waals surface area contributed by atoms with Crippen LogP contribution in [-0.4, -0.2) is 21.4 Å². The van der Waals surface area contributed by atoms with E-state index in [0.717, 1.165) is 11.1 Å². The molecule has 23 heavy (non-hydrogen) atoms. The van der Waals surface area contributed by atoms with Crippen molar-refractivity contribution in [2.75, 3.05) is 16.7 Å². The highest BCUT2D eigenvalue weighted by Gasteiger charge is 2.15. The summed E-state index contributed by atoms with van der Waals surface area (Å²) in [7, 11) is -2.02. The van der Waals surface area contributed by atoms with Gasteiger partial charge in [-0.3, -0.25) is 9.52 Å². The fourth-order valence-corrected chi connectivity index (χ4v) is 3.10. The van der Waals surface area contributed by atoms with Crippen molar-refractivity contribution in [2.24, 2.45) is 0 Å². The lowest BCUT2D eigenvalue weighted by Gasteiger charge is -2.15. The quantitative estimate of drug-likeness (QED) is 0.935. The van der Waals surface area contributed by atoms with Crippen LogP contribution in [0.2, 0.25) is 0 Å². The van der Waals surface area contributed by atoms with E-state index in [0.29, 0.717) is 11.4 Å². The molecule has 0 aliphatic carbocycles. The maximum Gasteiger partial charge on any atom is 0.261 e. The second-order valence-electron chi connectivity index (χ2n) is 5.48. The summed E-state index contributed by atoms with van der Waals surface area (Å²) < 4.78 is 27.4. The molecule has 0 atom stereocenters. The number of hydrogen-bond acceptors (Lipinski definition) is 3. The monoisotopic (exact) mass is 332 g/mol. The first-order valence-electron chi connectivity index (χ1n) is 7.15. The summed E-state index contributed by atoms with van der Waals surface area (Å²) in [6, 6.07) is 11.6. The van der Waals surface area contributed by atoms with Gasteiger partial charge in [-0.1, -0.05) is 6.07 Å². The predicted molar refractivity (Wildman–Crippen MR) is 92.3 cm³/mol. The smallest absolute Gasteiger partial charge is 0.261 e. The van der Waals surface area contributed by atoms with Crippen molar-refractivity contribution in [2.45, 2.75) is 25.7 Å². The van der Waals surface area contributed by atoms with Gasteiger partial charge in [0.2, 0.25) is 5.91 Å². The largest absolute Gasteiger partial charge is 0.316 e. The van der Waals surface area contributed by atoms with Crippen LogP contribution in [-0.2, 0) is 14.8 Å². The summed E-state index contributed by atoms with van der Waals surface area (Å²) in [5.41, 5.74) is 3.29. The SMILES string of the molecule is CC(=O)N(C)c1ccc(S(=O)(=O)Nc2ccc(C)c(C)c2)cc1. The predicted octanol–water partition coefficient (Wildman–Crippen LogP) is 3.09. The van der Waals surface area contributed by atoms with Gasteiger partial charge in [-0.15, -0.1) is 0 Å². The molecule has 0 aliphatic heterocycles. The number of benzene rings is 2. The first kappa shape index (κ1) is 17.0. The van der Waals surface area contributed by atoms with Crippen molar-refractivity contribution in [1.82, 2.24) is 0 Å². The van der Waals surface area contributed by atoms with E-state index in [9.17, 15) is 13.2 Å². The van der Waals surface area contributed by atoms with Crippen molar-refractivity contribution in [1.29, 1.82) is 0 Å². The Labute approximate surface area is 137 Å². The number of amides is 1. The third kappa shape index (κ3) is 3.90. The second-order valence-corrected chi connectivity index (χ2v) is 7.16. The molecule has 2 aromatic rings. The Morgan fingerprint density at radius 3 is 2.13 bits per heavy atom. The molecule has 2 aromatic carbocycles. The fraction of sp³-hybridized carbons (Fsp3) is 0.235. The average Bonchev–Trinajstić information content (AvgIpc) is 2.50. The van der Waals surface area contributed by atoms with Crippen LogP contribution in [0.15, 0.2) is 47.4 Å². The lowest BCUT2D eigenvalue weighted by Crippen LogP contribution is -2.22. The number of carbonyl (C=O) groups is 1. The van der Waals surface area contributed by atoms with Gasteiger partial charge in [-0.25, -0.2) is 8.42 Å². The van der Waals surface area contributed by atoms with Crippen LogP contribution < -0.4 is 9.62 Å². The molecule has 0 fully saturated rings. The number of carbonyl (C=O) groups excluding carboxylic acids is 1. The van der Waals surface area contributed by atoms with Gasteiger partial charge in [-0.05, 0) is 61.4 Å². The van der Waals surface area contributed by atoms with Gasteiger partial charge >= 0.3 is 0 Å².